The number of fused-ring (bicyclic) bond motifs is 2. The Morgan fingerprint density at radius 2 is 1.86 bits per heavy atom. The van der Waals surface area contributed by atoms with Crippen LogP contribution in [0.1, 0.15) is 21.6 Å². The van der Waals surface area contributed by atoms with E-state index >= 15 is 0 Å². The number of ether oxygens (including phenoxy) is 2. The van der Waals surface area contributed by atoms with Crippen molar-refractivity contribution in [3.63, 3.8) is 0 Å². The Morgan fingerprint density at radius 1 is 1.17 bits per heavy atom. The molecule has 0 fully saturated rings. The molecule has 222 valence electrons. The molecule has 0 spiro atoms. The number of methoxy groups -OCH3 is 1. The number of benzene rings is 2. The van der Waals surface area contributed by atoms with Crippen LogP contribution in [-0.2, 0) is 11.0 Å². The highest BCUT2D eigenvalue weighted by Crippen LogP contribution is 2.48. The fraction of sp³-hybridized carbons (Fsp3) is 0.296. The van der Waals surface area contributed by atoms with Crippen molar-refractivity contribution >= 4 is 43.4 Å². The molecule has 2 aromatic carbocycles. The largest absolute Gasteiger partial charge is 0.494 e. The number of thiazole rings is 1. The van der Waals surface area contributed by atoms with Gasteiger partial charge >= 0.3 is 6.18 Å². The number of alkyl halides is 5. The summed E-state index contributed by atoms with van der Waals surface area (Å²) in [5.41, 5.74) is -6.93. The van der Waals surface area contributed by atoms with E-state index in [2.05, 4.69) is 31.2 Å². The summed E-state index contributed by atoms with van der Waals surface area (Å²) in [5.74, 6) is -1.62. The van der Waals surface area contributed by atoms with Crippen molar-refractivity contribution in [2.45, 2.75) is 17.2 Å². The number of rotatable bonds is 8. The molecule has 0 radical (unpaired) electrons. The van der Waals surface area contributed by atoms with Gasteiger partial charge in [-0.2, -0.15) is 13.2 Å². The van der Waals surface area contributed by atoms with Crippen LogP contribution in [0.2, 0.25) is 0 Å². The molecule has 4 aromatic rings. The van der Waals surface area contributed by atoms with Crippen LogP contribution < -0.4 is 14.8 Å². The second-order valence-corrected chi connectivity index (χ2v) is 11.9. The van der Waals surface area contributed by atoms with E-state index in [1.807, 2.05) is 0 Å². The molecule has 3 heterocycles. The highest BCUT2D eigenvalue weighted by Gasteiger charge is 2.57. The average molecular weight is 676 g/mol. The Bertz CT molecular complexity index is 1660. The zero-order valence-corrected chi connectivity index (χ0v) is 23.9. The quantitative estimate of drug-likeness (QED) is 0.222. The Morgan fingerprint density at radius 3 is 2.48 bits per heavy atom. The maximum atomic E-state index is 14.6. The van der Waals surface area contributed by atoms with Gasteiger partial charge in [0.15, 0.2) is 3.92 Å². The highest BCUT2D eigenvalue weighted by atomic mass is 79.9. The lowest BCUT2D eigenvalue weighted by Crippen LogP contribution is -2.51. The predicted octanol–water partition coefficient (Wildman–Crippen LogP) is 6.02. The second kappa shape index (κ2) is 11.0. The first-order chi connectivity index (χ1) is 19.9. The highest BCUT2D eigenvalue weighted by molar-refractivity contribution is 9.11. The van der Waals surface area contributed by atoms with Gasteiger partial charge in [-0.1, -0.05) is 0 Å². The molecule has 2 aromatic heterocycles. The van der Waals surface area contributed by atoms with Crippen LogP contribution in [0.15, 0.2) is 46.4 Å². The Balaban J connectivity index is 1.58. The summed E-state index contributed by atoms with van der Waals surface area (Å²) in [6.07, 6.45) is -5.42. The van der Waals surface area contributed by atoms with E-state index in [0.29, 0.717) is 14.1 Å². The van der Waals surface area contributed by atoms with Gasteiger partial charge in [-0.15, -0.1) is 11.3 Å². The summed E-state index contributed by atoms with van der Waals surface area (Å²) < 4.78 is 97.3. The zero-order chi connectivity index (χ0) is 30.4. The molecule has 2 N–H and O–H groups in total. The minimum absolute atomic E-state index is 0.0730. The fourth-order valence-electron chi connectivity index (χ4n) is 4.54. The molecule has 15 heteroatoms. The topological polar surface area (TPSA) is 93.6 Å². The zero-order valence-electron chi connectivity index (χ0n) is 21.5. The van der Waals surface area contributed by atoms with Gasteiger partial charge in [0.1, 0.15) is 48.5 Å². The van der Waals surface area contributed by atoms with Crippen molar-refractivity contribution in [2.75, 3.05) is 33.6 Å². The fourth-order valence-corrected chi connectivity index (χ4v) is 5.99. The maximum absolute atomic E-state index is 14.6. The van der Waals surface area contributed by atoms with E-state index in [1.54, 1.807) is 0 Å². The number of amides is 1. The summed E-state index contributed by atoms with van der Waals surface area (Å²) in [5, 5.41) is 13.2. The van der Waals surface area contributed by atoms with E-state index in [9.17, 15) is 36.2 Å². The van der Waals surface area contributed by atoms with Crippen LogP contribution in [-0.4, -0.2) is 60.8 Å². The molecule has 1 aliphatic rings. The van der Waals surface area contributed by atoms with E-state index in [1.165, 1.54) is 31.4 Å². The van der Waals surface area contributed by atoms with Gasteiger partial charge in [-0.3, -0.25) is 4.79 Å². The Labute approximate surface area is 246 Å². The molecule has 7 nitrogen and oxygen atoms in total. The number of nitrogens with one attached hydrogen (secondary N) is 1. The van der Waals surface area contributed by atoms with Crippen LogP contribution >= 0.6 is 27.3 Å². The van der Waals surface area contributed by atoms with E-state index in [4.69, 9.17) is 9.47 Å². The molecule has 1 unspecified atom stereocenters. The minimum atomic E-state index is -5.42. The first kappa shape index (κ1) is 30.0. The van der Waals surface area contributed by atoms with E-state index < -0.39 is 61.1 Å². The van der Waals surface area contributed by atoms with Crippen LogP contribution in [0, 0.1) is 5.82 Å². The smallest absolute Gasteiger partial charge is 0.424 e. The van der Waals surface area contributed by atoms with Gasteiger partial charge < -0.3 is 19.9 Å². The number of carbonyl (C=O) groups is 1. The van der Waals surface area contributed by atoms with Gasteiger partial charge in [0.25, 0.3) is 5.91 Å². The van der Waals surface area contributed by atoms with Gasteiger partial charge in [0.2, 0.25) is 5.60 Å². The summed E-state index contributed by atoms with van der Waals surface area (Å²) in [4.78, 5) is 21.2. The monoisotopic (exact) mass is 675 g/mol. The van der Waals surface area contributed by atoms with E-state index in [-0.39, 0.29) is 33.9 Å². The van der Waals surface area contributed by atoms with Gasteiger partial charge in [0, 0.05) is 16.7 Å². The second-order valence-electron chi connectivity index (χ2n) is 9.61. The first-order valence-corrected chi connectivity index (χ1v) is 13.7. The normalized spacial score (nSPS) is 15.6. The summed E-state index contributed by atoms with van der Waals surface area (Å²) in [6.45, 7) is -4.58. The number of aliphatic hydroxyl groups is 1. The third-order valence-corrected chi connectivity index (χ3v) is 8.43. The molecule has 1 aliphatic heterocycles. The Kier molecular flexibility index (Phi) is 7.87. The van der Waals surface area contributed by atoms with Crippen LogP contribution in [0.3, 0.4) is 0 Å². The van der Waals surface area contributed by atoms with Crippen LogP contribution in [0.5, 0.6) is 11.5 Å². The lowest BCUT2D eigenvalue weighted by Gasteiger charge is -2.31. The predicted molar refractivity (Wildman–Crippen MR) is 145 cm³/mol. The van der Waals surface area contributed by atoms with Gasteiger partial charge in [-0.25, -0.2) is 23.1 Å². The number of hydrogen-bond acceptors (Lipinski definition) is 7. The third kappa shape index (κ3) is 5.07. The number of aromatic nitrogens is 2. The molecule has 0 aliphatic carbocycles. The SMILES string of the molecule is COc1cc(C(=O)NCC(O)(c2cc3c(c(-c4ccc(F)cc4)n2)OCC3(CF)CF)C(F)(F)F)cc2sc(Br)nc12. The van der Waals surface area contributed by atoms with Crippen molar-refractivity contribution in [1.29, 1.82) is 0 Å². The Hall–Kier alpha value is -3.43. The van der Waals surface area contributed by atoms with Crippen LogP contribution in [0.4, 0.5) is 26.3 Å². The molecule has 42 heavy (non-hydrogen) atoms. The minimum Gasteiger partial charge on any atom is -0.494 e. The third-order valence-electron chi connectivity index (χ3n) is 6.98. The molecule has 1 atom stereocenters. The maximum Gasteiger partial charge on any atom is 0.424 e. The molecule has 0 bridgehead atoms. The molecule has 5 rings (SSSR count). The van der Waals surface area contributed by atoms with Crippen molar-refractivity contribution in [1.82, 2.24) is 15.3 Å². The standard InChI is InChI=1S/C27H20BrF6N3O4S/c1-40-17-6-14(7-18-21(17)37-24(28)42-18)23(38)35-11-26(39,27(32,33)34)19-8-16-22(41-12-25(16,9-29)10-30)20(36-19)13-2-4-15(31)5-3-13/h2-8,39H,9-12H2,1H3,(H,35,38). The average Bonchev–Trinajstić information content (AvgIpc) is 3.54. The van der Waals surface area contributed by atoms with Gasteiger partial charge in [-0.05, 0) is 58.4 Å². The number of nitrogens with zero attached hydrogens (tertiary/aromatic N) is 2. The van der Waals surface area contributed by atoms with Crippen molar-refractivity contribution in [3.05, 3.63) is 69.0 Å². The van der Waals surface area contributed by atoms with Gasteiger partial charge in [0.05, 0.1) is 29.5 Å². The molecular formula is C27H20BrF6N3O4S. The summed E-state index contributed by atoms with van der Waals surface area (Å²) >= 11 is 4.39. The number of halogens is 7. The molecule has 0 saturated heterocycles. The molecule has 1 amide bonds. The lowest BCUT2D eigenvalue weighted by molar-refractivity contribution is -0.265. The lowest BCUT2D eigenvalue weighted by atomic mass is 9.82. The number of hydrogen-bond donors (Lipinski definition) is 2. The number of pyridine rings is 1. The first-order valence-electron chi connectivity index (χ1n) is 12.1. The van der Waals surface area contributed by atoms with Crippen molar-refractivity contribution in [3.8, 4) is 22.8 Å². The number of carbonyl (C=O) groups excluding carboxylic acids is 1. The van der Waals surface area contributed by atoms with Crippen LogP contribution in [0.25, 0.3) is 21.5 Å². The summed E-state index contributed by atoms with van der Waals surface area (Å²) in [6, 6.07) is 7.86. The summed E-state index contributed by atoms with van der Waals surface area (Å²) in [7, 11) is 1.34. The molecule has 0 saturated carbocycles. The van der Waals surface area contributed by atoms with Crippen molar-refractivity contribution in [2.24, 2.45) is 0 Å². The molecular weight excluding hydrogens is 656 g/mol. The van der Waals surface area contributed by atoms with Crippen molar-refractivity contribution < 1.29 is 45.7 Å². The van der Waals surface area contributed by atoms with E-state index in [0.717, 1.165) is 29.5 Å².